The quantitative estimate of drug-likeness (QED) is 0.722. The predicted octanol–water partition coefficient (Wildman–Crippen LogP) is -0.271. The molecule has 0 bridgehead atoms. The summed E-state index contributed by atoms with van der Waals surface area (Å²) in [5.41, 5.74) is 0.443. The highest BCUT2D eigenvalue weighted by Crippen LogP contribution is 2.14. The van der Waals surface area contributed by atoms with Crippen LogP contribution in [0.2, 0.25) is 0 Å². The molecule has 9 heteroatoms. The van der Waals surface area contributed by atoms with E-state index >= 15 is 0 Å². The molecular formula is C19H26FN5O3. The van der Waals surface area contributed by atoms with E-state index in [-0.39, 0.29) is 24.8 Å². The number of carbonyl (C=O) groups excluding carboxylic acids is 3. The fourth-order valence-electron chi connectivity index (χ4n) is 3.43. The second-order valence-corrected chi connectivity index (χ2v) is 7.23. The molecule has 28 heavy (non-hydrogen) atoms. The Morgan fingerprint density at radius 1 is 1.14 bits per heavy atom. The zero-order valence-electron chi connectivity index (χ0n) is 16.0. The molecule has 2 aliphatic rings. The van der Waals surface area contributed by atoms with Crippen molar-refractivity contribution in [2.75, 3.05) is 58.2 Å². The molecule has 2 N–H and O–H groups in total. The van der Waals surface area contributed by atoms with Crippen molar-refractivity contribution >= 4 is 23.4 Å². The minimum Gasteiger partial charge on any atom is -0.353 e. The first-order valence-corrected chi connectivity index (χ1v) is 9.46. The number of piperazine rings is 2. The summed E-state index contributed by atoms with van der Waals surface area (Å²) in [6.45, 7) is 4.41. The second-order valence-electron chi connectivity index (χ2n) is 7.23. The topological polar surface area (TPSA) is 85.0 Å². The largest absolute Gasteiger partial charge is 0.353 e. The molecule has 152 valence electrons. The van der Waals surface area contributed by atoms with Gasteiger partial charge in [0.15, 0.2) is 0 Å². The maximum Gasteiger partial charge on any atom is 0.243 e. The van der Waals surface area contributed by atoms with Gasteiger partial charge in [-0.15, -0.1) is 0 Å². The van der Waals surface area contributed by atoms with Crippen molar-refractivity contribution in [1.29, 1.82) is 0 Å². The zero-order chi connectivity index (χ0) is 20.1. The van der Waals surface area contributed by atoms with E-state index in [1.807, 2.05) is 7.05 Å². The highest BCUT2D eigenvalue weighted by molar-refractivity contribution is 5.97. The van der Waals surface area contributed by atoms with E-state index in [0.29, 0.717) is 18.8 Å². The van der Waals surface area contributed by atoms with Crippen molar-refractivity contribution in [3.63, 3.8) is 0 Å². The van der Waals surface area contributed by atoms with Crippen molar-refractivity contribution in [3.8, 4) is 0 Å². The number of anilines is 1. The molecule has 0 saturated carbocycles. The van der Waals surface area contributed by atoms with Gasteiger partial charge in [0.1, 0.15) is 11.9 Å². The third-order valence-electron chi connectivity index (χ3n) is 5.11. The highest BCUT2D eigenvalue weighted by Gasteiger charge is 2.35. The van der Waals surface area contributed by atoms with Crippen LogP contribution in [0, 0.1) is 5.82 Å². The first kappa shape index (κ1) is 20.2. The maximum absolute atomic E-state index is 13.0. The average Bonchev–Trinajstić information content (AvgIpc) is 2.67. The summed E-state index contributed by atoms with van der Waals surface area (Å²) in [5, 5.41) is 5.36. The van der Waals surface area contributed by atoms with Crippen LogP contribution in [-0.4, -0.2) is 91.3 Å². The molecule has 0 spiro atoms. The van der Waals surface area contributed by atoms with Crippen molar-refractivity contribution < 1.29 is 18.8 Å². The van der Waals surface area contributed by atoms with E-state index < -0.39 is 17.8 Å². The lowest BCUT2D eigenvalue weighted by molar-refractivity contribution is -0.145. The van der Waals surface area contributed by atoms with E-state index in [2.05, 4.69) is 20.4 Å². The summed E-state index contributed by atoms with van der Waals surface area (Å²) in [5.74, 6) is -1.26. The molecule has 1 aromatic carbocycles. The van der Waals surface area contributed by atoms with Crippen LogP contribution in [0.5, 0.6) is 0 Å². The van der Waals surface area contributed by atoms with Crippen molar-refractivity contribution in [1.82, 2.24) is 20.0 Å². The van der Waals surface area contributed by atoms with Crippen molar-refractivity contribution in [3.05, 3.63) is 30.1 Å². The molecule has 2 saturated heterocycles. The molecule has 1 aromatic rings. The molecule has 2 fully saturated rings. The van der Waals surface area contributed by atoms with Crippen molar-refractivity contribution in [2.24, 2.45) is 0 Å². The number of likely N-dealkylation sites (N-methyl/N-ethyl adjacent to an activating group) is 1. The van der Waals surface area contributed by atoms with Crippen LogP contribution in [0.1, 0.15) is 6.42 Å². The molecule has 1 atom stereocenters. The standard InChI is InChI=1S/C19H26FN5O3/c1-23-8-10-24(11-9-23)13-18(27)25-7-6-21-19(28)16(25)12-17(26)22-15-4-2-14(20)3-5-15/h2-5,16H,6-13H2,1H3,(H,21,28)(H,22,26)/t16-/m0/s1. The van der Waals surface area contributed by atoms with E-state index in [1.54, 1.807) is 0 Å². The monoisotopic (exact) mass is 391 g/mol. The van der Waals surface area contributed by atoms with E-state index in [4.69, 9.17) is 0 Å². The molecule has 3 amide bonds. The molecule has 3 rings (SSSR count). The Morgan fingerprint density at radius 2 is 1.82 bits per heavy atom. The molecule has 0 aliphatic carbocycles. The molecule has 0 radical (unpaired) electrons. The van der Waals surface area contributed by atoms with Gasteiger partial charge in [-0.3, -0.25) is 19.3 Å². The Morgan fingerprint density at radius 3 is 2.50 bits per heavy atom. The van der Waals surface area contributed by atoms with Gasteiger partial charge in [0, 0.05) is 45.0 Å². The average molecular weight is 391 g/mol. The van der Waals surface area contributed by atoms with Gasteiger partial charge in [-0.2, -0.15) is 0 Å². The molecule has 0 aromatic heterocycles. The summed E-state index contributed by atoms with van der Waals surface area (Å²) in [6.07, 6.45) is -0.141. The first-order valence-electron chi connectivity index (χ1n) is 9.46. The Bertz CT molecular complexity index is 719. The number of nitrogens with one attached hydrogen (secondary N) is 2. The van der Waals surface area contributed by atoms with Crippen LogP contribution in [-0.2, 0) is 14.4 Å². The van der Waals surface area contributed by atoms with Crippen LogP contribution in [0.25, 0.3) is 0 Å². The third kappa shape index (κ3) is 5.26. The Labute approximate surface area is 163 Å². The summed E-state index contributed by atoms with van der Waals surface area (Å²) >= 11 is 0. The van der Waals surface area contributed by atoms with Crippen LogP contribution >= 0.6 is 0 Å². The van der Waals surface area contributed by atoms with Gasteiger partial charge in [0.25, 0.3) is 0 Å². The normalized spacial score (nSPS) is 21.3. The lowest BCUT2D eigenvalue weighted by atomic mass is 10.1. The van der Waals surface area contributed by atoms with Gasteiger partial charge < -0.3 is 20.4 Å². The summed E-state index contributed by atoms with van der Waals surface area (Å²) < 4.78 is 13.0. The van der Waals surface area contributed by atoms with E-state index in [0.717, 1.165) is 26.2 Å². The molecular weight excluding hydrogens is 365 g/mol. The number of rotatable bonds is 5. The Kier molecular flexibility index (Phi) is 6.58. The maximum atomic E-state index is 13.0. The number of carbonyl (C=O) groups is 3. The van der Waals surface area contributed by atoms with Gasteiger partial charge >= 0.3 is 0 Å². The number of hydrogen-bond donors (Lipinski definition) is 2. The SMILES string of the molecule is CN1CCN(CC(=O)N2CCNC(=O)[C@@H]2CC(=O)Nc2ccc(F)cc2)CC1. The summed E-state index contributed by atoms with van der Waals surface area (Å²) in [7, 11) is 2.05. The van der Waals surface area contributed by atoms with Crippen LogP contribution in [0.3, 0.4) is 0 Å². The molecule has 2 aliphatic heterocycles. The van der Waals surface area contributed by atoms with E-state index in [9.17, 15) is 18.8 Å². The lowest BCUT2D eigenvalue weighted by Crippen LogP contribution is -2.60. The number of benzene rings is 1. The third-order valence-corrected chi connectivity index (χ3v) is 5.11. The van der Waals surface area contributed by atoms with Gasteiger partial charge in [-0.1, -0.05) is 0 Å². The predicted molar refractivity (Wildman–Crippen MR) is 102 cm³/mol. The van der Waals surface area contributed by atoms with Crippen LogP contribution in [0.15, 0.2) is 24.3 Å². The van der Waals surface area contributed by atoms with Gasteiger partial charge in [0.05, 0.1) is 13.0 Å². The molecule has 8 nitrogen and oxygen atoms in total. The number of hydrogen-bond acceptors (Lipinski definition) is 5. The molecule has 2 heterocycles. The fourth-order valence-corrected chi connectivity index (χ4v) is 3.43. The van der Waals surface area contributed by atoms with Crippen LogP contribution in [0.4, 0.5) is 10.1 Å². The summed E-state index contributed by atoms with van der Waals surface area (Å²) in [6, 6.07) is 4.55. The highest BCUT2D eigenvalue weighted by atomic mass is 19.1. The van der Waals surface area contributed by atoms with E-state index in [1.165, 1.54) is 29.2 Å². The number of amides is 3. The van der Waals surface area contributed by atoms with Gasteiger partial charge in [-0.05, 0) is 31.3 Å². The minimum absolute atomic E-state index is 0.140. The summed E-state index contributed by atoms with van der Waals surface area (Å²) in [4.78, 5) is 43.3. The second kappa shape index (κ2) is 9.11. The zero-order valence-corrected chi connectivity index (χ0v) is 16.0. The van der Waals surface area contributed by atoms with Crippen molar-refractivity contribution in [2.45, 2.75) is 12.5 Å². The fraction of sp³-hybridized carbons (Fsp3) is 0.526. The van der Waals surface area contributed by atoms with Gasteiger partial charge in [0.2, 0.25) is 17.7 Å². The smallest absolute Gasteiger partial charge is 0.243 e. The van der Waals surface area contributed by atoms with Crippen LogP contribution < -0.4 is 10.6 Å². The molecule has 0 unspecified atom stereocenters. The van der Waals surface area contributed by atoms with Gasteiger partial charge in [-0.25, -0.2) is 4.39 Å². The Balaban J connectivity index is 1.59. The lowest BCUT2D eigenvalue weighted by Gasteiger charge is -2.37. The first-order chi connectivity index (χ1) is 13.4. The Hall–Kier alpha value is -2.52. The minimum atomic E-state index is -0.839. The number of halogens is 1. The number of nitrogens with zero attached hydrogens (tertiary/aromatic N) is 3.